The molecule has 1 fully saturated rings. The van der Waals surface area contributed by atoms with Crippen LogP contribution in [0.1, 0.15) is 6.92 Å². The molecule has 0 saturated carbocycles. The van der Waals surface area contributed by atoms with Crippen LogP contribution in [0.2, 0.25) is 5.02 Å². The number of rotatable bonds is 4. The molecule has 1 aromatic carbocycles. The van der Waals surface area contributed by atoms with Crippen molar-refractivity contribution in [3.63, 3.8) is 0 Å². The van der Waals surface area contributed by atoms with Crippen molar-refractivity contribution in [2.24, 2.45) is 0 Å². The van der Waals surface area contributed by atoms with Gasteiger partial charge in [0.15, 0.2) is 0 Å². The first-order valence-corrected chi connectivity index (χ1v) is 8.41. The monoisotopic (exact) mass is 332 g/mol. The lowest BCUT2D eigenvalue weighted by atomic mass is 10.3. The molecule has 1 N–H and O–H groups in total. The number of nitrogens with one attached hydrogen (secondary N) is 1. The number of ether oxygens (including phenoxy) is 1. The van der Waals surface area contributed by atoms with Crippen molar-refractivity contribution in [2.75, 3.05) is 26.3 Å². The summed E-state index contributed by atoms with van der Waals surface area (Å²) in [6, 6.07) is 4.95. The highest BCUT2D eigenvalue weighted by molar-refractivity contribution is 7.89. The lowest BCUT2D eigenvalue weighted by Gasteiger charge is -2.29. The first-order valence-electron chi connectivity index (χ1n) is 6.54. The minimum Gasteiger partial charge on any atom is -0.378 e. The van der Waals surface area contributed by atoms with Crippen LogP contribution in [0.25, 0.3) is 0 Å². The molecule has 116 valence electrons. The maximum absolute atomic E-state index is 12.2. The van der Waals surface area contributed by atoms with E-state index in [1.54, 1.807) is 4.90 Å². The zero-order chi connectivity index (χ0) is 15.5. The van der Waals surface area contributed by atoms with Crippen LogP contribution in [0.15, 0.2) is 29.2 Å². The summed E-state index contributed by atoms with van der Waals surface area (Å²) in [6.45, 7) is 3.44. The first-order chi connectivity index (χ1) is 9.90. The quantitative estimate of drug-likeness (QED) is 0.887. The molecule has 8 heteroatoms. The minimum absolute atomic E-state index is 0.0773. The van der Waals surface area contributed by atoms with Crippen LogP contribution in [-0.4, -0.2) is 51.6 Å². The largest absolute Gasteiger partial charge is 0.378 e. The van der Waals surface area contributed by atoms with Gasteiger partial charge in [-0.3, -0.25) is 4.79 Å². The number of sulfonamides is 1. The number of benzene rings is 1. The van der Waals surface area contributed by atoms with Gasteiger partial charge in [-0.15, -0.1) is 0 Å². The van der Waals surface area contributed by atoms with Crippen LogP contribution < -0.4 is 4.72 Å². The average Bonchev–Trinajstić information content (AvgIpc) is 2.47. The molecule has 1 atom stereocenters. The number of amides is 1. The molecule has 0 spiro atoms. The van der Waals surface area contributed by atoms with E-state index in [1.165, 1.54) is 31.2 Å². The van der Waals surface area contributed by atoms with Crippen molar-refractivity contribution < 1.29 is 17.9 Å². The van der Waals surface area contributed by atoms with Gasteiger partial charge in [0, 0.05) is 18.1 Å². The van der Waals surface area contributed by atoms with Crippen LogP contribution in [-0.2, 0) is 19.6 Å². The van der Waals surface area contributed by atoms with Gasteiger partial charge < -0.3 is 9.64 Å². The maximum atomic E-state index is 12.2. The van der Waals surface area contributed by atoms with Gasteiger partial charge in [0.05, 0.1) is 24.2 Å². The highest BCUT2D eigenvalue weighted by atomic mass is 35.5. The fourth-order valence-electron chi connectivity index (χ4n) is 2.02. The van der Waals surface area contributed by atoms with Crippen LogP contribution in [0, 0.1) is 0 Å². The fraction of sp³-hybridized carbons (Fsp3) is 0.462. The summed E-state index contributed by atoms with van der Waals surface area (Å²) in [5.74, 6) is -0.254. The second-order valence-electron chi connectivity index (χ2n) is 4.73. The first kappa shape index (κ1) is 16.2. The molecule has 1 amide bonds. The lowest BCUT2D eigenvalue weighted by Crippen LogP contribution is -2.50. The average molecular weight is 333 g/mol. The standard InChI is InChI=1S/C13H17ClN2O4S/c1-10(13(17)16-6-8-20-9-7-16)15-21(18,19)12-4-2-11(14)3-5-12/h2-5,10,15H,6-9H2,1H3/t10-/m1/s1. The Balaban J connectivity index is 2.05. The predicted molar refractivity (Wildman–Crippen MR) is 78.6 cm³/mol. The van der Waals surface area contributed by atoms with Crippen molar-refractivity contribution in [1.82, 2.24) is 9.62 Å². The Morgan fingerprint density at radius 1 is 1.29 bits per heavy atom. The molecule has 1 heterocycles. The van der Waals surface area contributed by atoms with Gasteiger partial charge in [0.2, 0.25) is 15.9 Å². The van der Waals surface area contributed by atoms with Gasteiger partial charge in [0.1, 0.15) is 0 Å². The molecule has 0 bridgehead atoms. The van der Waals surface area contributed by atoms with Crippen molar-refractivity contribution in [3.05, 3.63) is 29.3 Å². The molecule has 0 aliphatic carbocycles. The van der Waals surface area contributed by atoms with E-state index in [-0.39, 0.29) is 10.8 Å². The Bertz CT molecular complexity index is 597. The van der Waals surface area contributed by atoms with E-state index in [9.17, 15) is 13.2 Å². The maximum Gasteiger partial charge on any atom is 0.241 e. The Morgan fingerprint density at radius 2 is 1.86 bits per heavy atom. The molecule has 21 heavy (non-hydrogen) atoms. The molecule has 1 aromatic rings. The number of morpholine rings is 1. The van der Waals surface area contributed by atoms with E-state index < -0.39 is 16.1 Å². The predicted octanol–water partition coefficient (Wildman–Crippen LogP) is 0.866. The number of hydrogen-bond acceptors (Lipinski definition) is 4. The van der Waals surface area contributed by atoms with Crippen molar-refractivity contribution in [3.8, 4) is 0 Å². The molecule has 6 nitrogen and oxygen atoms in total. The summed E-state index contributed by atoms with van der Waals surface area (Å²) in [6.07, 6.45) is 0. The van der Waals surface area contributed by atoms with Gasteiger partial charge in [-0.25, -0.2) is 8.42 Å². The molecule has 2 rings (SSSR count). The summed E-state index contributed by atoms with van der Waals surface area (Å²) < 4.78 is 31.9. The third kappa shape index (κ3) is 4.16. The highest BCUT2D eigenvalue weighted by Crippen LogP contribution is 2.14. The number of carbonyl (C=O) groups excluding carboxylic acids is 1. The third-order valence-corrected chi connectivity index (χ3v) is 4.96. The smallest absolute Gasteiger partial charge is 0.241 e. The van der Waals surface area contributed by atoms with E-state index in [0.29, 0.717) is 31.3 Å². The number of carbonyl (C=O) groups is 1. The van der Waals surface area contributed by atoms with Gasteiger partial charge in [-0.2, -0.15) is 4.72 Å². The Kier molecular flexibility index (Phi) is 5.21. The molecule has 0 unspecified atom stereocenters. The van der Waals surface area contributed by atoms with Crippen LogP contribution in [0.3, 0.4) is 0 Å². The zero-order valence-corrected chi connectivity index (χ0v) is 13.2. The fourth-order valence-corrected chi connectivity index (χ4v) is 3.35. The second-order valence-corrected chi connectivity index (χ2v) is 6.88. The van der Waals surface area contributed by atoms with Crippen LogP contribution in [0.5, 0.6) is 0 Å². The minimum atomic E-state index is -3.75. The molecular weight excluding hydrogens is 316 g/mol. The molecule has 1 saturated heterocycles. The molecule has 0 radical (unpaired) electrons. The van der Waals surface area contributed by atoms with E-state index in [2.05, 4.69) is 4.72 Å². The Hall–Kier alpha value is -1.15. The highest BCUT2D eigenvalue weighted by Gasteiger charge is 2.26. The summed E-state index contributed by atoms with van der Waals surface area (Å²) in [5, 5.41) is 0.450. The molecule has 1 aliphatic heterocycles. The summed E-state index contributed by atoms with van der Waals surface area (Å²) in [4.78, 5) is 13.9. The van der Waals surface area contributed by atoms with E-state index in [1.807, 2.05) is 0 Å². The van der Waals surface area contributed by atoms with Gasteiger partial charge in [-0.05, 0) is 31.2 Å². The topological polar surface area (TPSA) is 75.7 Å². The summed E-state index contributed by atoms with van der Waals surface area (Å²) in [7, 11) is -3.75. The second kappa shape index (κ2) is 6.74. The summed E-state index contributed by atoms with van der Waals surface area (Å²) >= 11 is 5.73. The number of hydrogen-bond donors (Lipinski definition) is 1. The van der Waals surface area contributed by atoms with Crippen molar-refractivity contribution in [1.29, 1.82) is 0 Å². The molecule has 1 aliphatic rings. The molecule has 0 aromatic heterocycles. The zero-order valence-electron chi connectivity index (χ0n) is 11.6. The summed E-state index contributed by atoms with van der Waals surface area (Å²) in [5.41, 5.74) is 0. The Labute approximate surface area is 129 Å². The van der Waals surface area contributed by atoms with E-state index in [4.69, 9.17) is 16.3 Å². The lowest BCUT2D eigenvalue weighted by molar-refractivity contribution is -0.136. The number of nitrogens with zero attached hydrogens (tertiary/aromatic N) is 1. The van der Waals surface area contributed by atoms with Crippen LogP contribution in [0.4, 0.5) is 0 Å². The van der Waals surface area contributed by atoms with Gasteiger partial charge in [-0.1, -0.05) is 11.6 Å². The van der Waals surface area contributed by atoms with Crippen molar-refractivity contribution in [2.45, 2.75) is 17.9 Å². The SMILES string of the molecule is C[C@@H](NS(=O)(=O)c1ccc(Cl)cc1)C(=O)N1CCOCC1. The van der Waals surface area contributed by atoms with Gasteiger partial charge >= 0.3 is 0 Å². The normalized spacial score (nSPS) is 17.5. The van der Waals surface area contributed by atoms with E-state index in [0.717, 1.165) is 0 Å². The van der Waals surface area contributed by atoms with Gasteiger partial charge in [0.25, 0.3) is 0 Å². The third-order valence-electron chi connectivity index (χ3n) is 3.15. The Morgan fingerprint density at radius 3 is 2.43 bits per heavy atom. The number of halogens is 1. The van der Waals surface area contributed by atoms with Crippen LogP contribution >= 0.6 is 11.6 Å². The molecular formula is C13H17ClN2O4S. The van der Waals surface area contributed by atoms with Crippen molar-refractivity contribution >= 4 is 27.5 Å². The van der Waals surface area contributed by atoms with E-state index >= 15 is 0 Å².